The first-order valence-electron chi connectivity index (χ1n) is 4.75. The number of rotatable bonds is 3. The fourth-order valence-corrected chi connectivity index (χ4v) is 2.47. The fourth-order valence-electron chi connectivity index (χ4n) is 1.31. The summed E-state index contributed by atoms with van der Waals surface area (Å²) in [5.41, 5.74) is 6.98. The van der Waals surface area contributed by atoms with Gasteiger partial charge in [0.1, 0.15) is 4.90 Å². The summed E-state index contributed by atoms with van der Waals surface area (Å²) in [7, 11) is -3.72. The van der Waals surface area contributed by atoms with Gasteiger partial charge >= 0.3 is 0 Å². The van der Waals surface area contributed by atoms with Gasteiger partial charge in [-0.2, -0.15) is 10.2 Å². The van der Waals surface area contributed by atoms with Crippen LogP contribution in [0, 0.1) is 13.8 Å². The lowest BCUT2D eigenvalue weighted by Crippen LogP contribution is -2.14. The number of nitrogen functional groups attached to an aromatic ring is 1. The molecule has 0 saturated carbocycles. The number of nitrogens with two attached hydrogens (primary N) is 1. The van der Waals surface area contributed by atoms with Crippen LogP contribution in [0.4, 0.5) is 11.5 Å². The molecule has 2 aromatic heterocycles. The Hall–Kier alpha value is -2.03. The average Bonchev–Trinajstić information content (AvgIpc) is 2.80. The predicted octanol–water partition coefficient (Wildman–Crippen LogP) is 0.133. The zero-order valence-corrected chi connectivity index (χ0v) is 10.1. The van der Waals surface area contributed by atoms with E-state index in [2.05, 4.69) is 25.1 Å². The van der Waals surface area contributed by atoms with E-state index in [-0.39, 0.29) is 16.4 Å². The van der Waals surface area contributed by atoms with Gasteiger partial charge in [-0.3, -0.25) is 14.9 Å². The molecule has 2 rings (SSSR count). The summed E-state index contributed by atoms with van der Waals surface area (Å²) in [4.78, 5) is 0.0672. The van der Waals surface area contributed by atoms with Crippen LogP contribution < -0.4 is 10.5 Å². The van der Waals surface area contributed by atoms with Gasteiger partial charge in [0.25, 0.3) is 10.0 Å². The number of nitrogens with one attached hydrogen (secondary N) is 3. The molecule has 0 spiro atoms. The lowest BCUT2D eigenvalue weighted by molar-refractivity contribution is 0.600. The van der Waals surface area contributed by atoms with Gasteiger partial charge in [0.15, 0.2) is 5.82 Å². The second-order valence-corrected chi connectivity index (χ2v) is 5.23. The first-order chi connectivity index (χ1) is 7.92. The van der Waals surface area contributed by atoms with Gasteiger partial charge in [-0.1, -0.05) is 0 Å². The van der Waals surface area contributed by atoms with E-state index >= 15 is 0 Å². The Morgan fingerprint density at radius 1 is 1.29 bits per heavy atom. The number of anilines is 2. The Balaban J connectivity index is 2.37. The Morgan fingerprint density at radius 2 is 2.00 bits per heavy atom. The Morgan fingerprint density at radius 3 is 2.47 bits per heavy atom. The molecule has 9 heteroatoms. The quantitative estimate of drug-likeness (QED) is 0.620. The first kappa shape index (κ1) is 11.5. The minimum Gasteiger partial charge on any atom is -0.394 e. The standard InChI is InChI=1S/C8H12N6O2S/c1-4-6(3-10-11-4)17(15,16)14-8-7(9)5(2)12-13-8/h3H,9H2,1-2H3,(H,10,11)(H2,12,13,14). The van der Waals surface area contributed by atoms with Crippen LogP contribution in [0.5, 0.6) is 0 Å². The summed E-state index contributed by atoms with van der Waals surface area (Å²) in [6, 6.07) is 0. The van der Waals surface area contributed by atoms with Crippen LogP contribution in [0.15, 0.2) is 11.1 Å². The van der Waals surface area contributed by atoms with Gasteiger partial charge in [0.05, 0.1) is 23.3 Å². The Kier molecular flexibility index (Phi) is 2.54. The van der Waals surface area contributed by atoms with Gasteiger partial charge in [0, 0.05) is 0 Å². The number of aromatic nitrogens is 4. The molecule has 0 amide bonds. The number of sulfonamides is 1. The van der Waals surface area contributed by atoms with E-state index in [0.717, 1.165) is 0 Å². The first-order valence-corrected chi connectivity index (χ1v) is 6.23. The summed E-state index contributed by atoms with van der Waals surface area (Å²) < 4.78 is 26.2. The van der Waals surface area contributed by atoms with Crippen LogP contribution in [0.25, 0.3) is 0 Å². The summed E-state index contributed by atoms with van der Waals surface area (Å²) in [6.45, 7) is 3.31. The maximum absolute atomic E-state index is 12.0. The smallest absolute Gasteiger partial charge is 0.266 e. The molecule has 0 fully saturated rings. The summed E-state index contributed by atoms with van der Waals surface area (Å²) in [6.07, 6.45) is 1.23. The van der Waals surface area contributed by atoms with E-state index in [9.17, 15) is 8.42 Å². The van der Waals surface area contributed by atoms with E-state index < -0.39 is 10.0 Å². The molecule has 2 heterocycles. The average molecular weight is 256 g/mol. The van der Waals surface area contributed by atoms with Crippen LogP contribution >= 0.6 is 0 Å². The van der Waals surface area contributed by atoms with Crippen LogP contribution in [0.2, 0.25) is 0 Å². The highest BCUT2D eigenvalue weighted by Gasteiger charge is 2.21. The van der Waals surface area contributed by atoms with Crippen LogP contribution in [0.3, 0.4) is 0 Å². The van der Waals surface area contributed by atoms with Crippen LogP contribution in [-0.4, -0.2) is 28.8 Å². The number of hydrogen-bond acceptors (Lipinski definition) is 5. The molecule has 8 nitrogen and oxygen atoms in total. The van der Waals surface area contributed by atoms with E-state index in [1.807, 2.05) is 0 Å². The van der Waals surface area contributed by atoms with Crippen molar-refractivity contribution in [1.82, 2.24) is 20.4 Å². The highest BCUT2D eigenvalue weighted by molar-refractivity contribution is 7.92. The second-order valence-electron chi connectivity index (χ2n) is 3.58. The van der Waals surface area contributed by atoms with Crippen molar-refractivity contribution in [2.75, 3.05) is 10.5 Å². The Bertz CT molecular complexity index is 641. The topological polar surface area (TPSA) is 130 Å². The molecule has 0 saturated heterocycles. The van der Waals surface area contributed by atoms with E-state index in [1.54, 1.807) is 13.8 Å². The van der Waals surface area contributed by atoms with Crippen molar-refractivity contribution >= 4 is 21.5 Å². The van der Waals surface area contributed by atoms with Gasteiger partial charge in [0.2, 0.25) is 0 Å². The van der Waals surface area contributed by atoms with Crippen molar-refractivity contribution in [3.05, 3.63) is 17.6 Å². The highest BCUT2D eigenvalue weighted by Crippen LogP contribution is 2.22. The summed E-state index contributed by atoms with van der Waals surface area (Å²) in [5.74, 6) is 0.0862. The molecule has 17 heavy (non-hydrogen) atoms. The lowest BCUT2D eigenvalue weighted by Gasteiger charge is -2.04. The third-order valence-electron chi connectivity index (χ3n) is 2.30. The number of H-pyrrole nitrogens is 2. The molecule has 0 aliphatic carbocycles. The summed E-state index contributed by atoms with van der Waals surface area (Å²) >= 11 is 0. The maximum atomic E-state index is 12.0. The fraction of sp³-hybridized carbons (Fsp3) is 0.250. The van der Waals surface area contributed by atoms with E-state index in [0.29, 0.717) is 11.4 Å². The van der Waals surface area contributed by atoms with Crippen molar-refractivity contribution in [2.24, 2.45) is 0 Å². The molecule has 0 aliphatic heterocycles. The highest BCUT2D eigenvalue weighted by atomic mass is 32.2. The molecule has 2 aromatic rings. The number of nitrogens with zero attached hydrogens (tertiary/aromatic N) is 2. The van der Waals surface area contributed by atoms with Crippen LogP contribution in [-0.2, 0) is 10.0 Å². The number of hydrogen-bond donors (Lipinski definition) is 4. The predicted molar refractivity (Wildman–Crippen MR) is 61.9 cm³/mol. The molecule has 0 aliphatic rings. The monoisotopic (exact) mass is 256 g/mol. The van der Waals surface area contributed by atoms with E-state index in [4.69, 9.17) is 5.73 Å². The zero-order chi connectivity index (χ0) is 12.6. The SMILES string of the molecule is Cc1[nH]ncc1S(=O)(=O)Nc1n[nH]c(C)c1N. The van der Waals surface area contributed by atoms with Crippen molar-refractivity contribution in [3.63, 3.8) is 0 Å². The van der Waals surface area contributed by atoms with E-state index in [1.165, 1.54) is 6.20 Å². The molecule has 0 atom stereocenters. The minimum absolute atomic E-state index is 0.0672. The molecule has 5 N–H and O–H groups in total. The molecular weight excluding hydrogens is 244 g/mol. The van der Waals surface area contributed by atoms with Crippen molar-refractivity contribution < 1.29 is 8.42 Å². The number of aryl methyl sites for hydroxylation is 2. The zero-order valence-electron chi connectivity index (χ0n) is 9.27. The maximum Gasteiger partial charge on any atom is 0.266 e. The molecular formula is C8H12N6O2S. The molecule has 0 aromatic carbocycles. The van der Waals surface area contributed by atoms with Crippen molar-refractivity contribution in [3.8, 4) is 0 Å². The van der Waals surface area contributed by atoms with Gasteiger partial charge in [-0.15, -0.1) is 0 Å². The third kappa shape index (κ3) is 1.96. The Labute approximate surface area is 97.7 Å². The summed E-state index contributed by atoms with van der Waals surface area (Å²) in [5, 5.41) is 12.6. The minimum atomic E-state index is -3.72. The lowest BCUT2D eigenvalue weighted by atomic mass is 10.4. The molecule has 0 unspecified atom stereocenters. The largest absolute Gasteiger partial charge is 0.394 e. The van der Waals surface area contributed by atoms with Gasteiger partial charge < -0.3 is 5.73 Å². The van der Waals surface area contributed by atoms with Gasteiger partial charge in [-0.05, 0) is 13.8 Å². The molecule has 0 radical (unpaired) electrons. The van der Waals surface area contributed by atoms with Crippen LogP contribution in [0.1, 0.15) is 11.4 Å². The third-order valence-corrected chi connectivity index (χ3v) is 3.75. The molecule has 0 bridgehead atoms. The van der Waals surface area contributed by atoms with Gasteiger partial charge in [-0.25, -0.2) is 8.42 Å². The van der Waals surface area contributed by atoms with Crippen molar-refractivity contribution in [1.29, 1.82) is 0 Å². The normalized spacial score (nSPS) is 11.6. The molecule has 92 valence electrons. The van der Waals surface area contributed by atoms with Crippen molar-refractivity contribution in [2.45, 2.75) is 18.7 Å². The second kappa shape index (κ2) is 3.77. The number of aromatic amines is 2.